The van der Waals surface area contributed by atoms with E-state index in [1.807, 2.05) is 4.90 Å². The molecular formula is C14H18N2O4. The smallest absolute Gasteiger partial charge is 0.338 e. The maximum atomic E-state index is 11.8. The third kappa shape index (κ3) is 2.89. The second-order valence-electron chi connectivity index (χ2n) is 4.62. The van der Waals surface area contributed by atoms with Gasteiger partial charge in [-0.15, -0.1) is 0 Å². The summed E-state index contributed by atoms with van der Waals surface area (Å²) in [5, 5.41) is 0. The van der Waals surface area contributed by atoms with Crippen LogP contribution in [0.15, 0.2) is 18.3 Å². The number of methoxy groups -OCH3 is 2. The maximum Gasteiger partial charge on any atom is 0.338 e. The Bertz CT molecular complexity index is 504. The number of ether oxygens (including phenoxy) is 2. The molecule has 2 rings (SSSR count). The molecule has 0 N–H and O–H groups in total. The summed E-state index contributed by atoms with van der Waals surface area (Å²) in [7, 11) is 2.72. The minimum atomic E-state index is -0.416. The first-order valence-electron chi connectivity index (χ1n) is 6.56. The largest absolute Gasteiger partial charge is 0.467 e. The lowest BCUT2D eigenvalue weighted by Crippen LogP contribution is -2.45. The van der Waals surface area contributed by atoms with Gasteiger partial charge in [-0.05, 0) is 31.4 Å². The van der Waals surface area contributed by atoms with Gasteiger partial charge in [0.15, 0.2) is 0 Å². The van der Waals surface area contributed by atoms with Crippen molar-refractivity contribution >= 4 is 17.8 Å². The van der Waals surface area contributed by atoms with E-state index < -0.39 is 5.97 Å². The van der Waals surface area contributed by atoms with E-state index >= 15 is 0 Å². The SMILES string of the molecule is COC(=O)c1ccnc(N2CCCCC2C(=O)OC)c1. The number of aromatic nitrogens is 1. The molecule has 0 radical (unpaired) electrons. The van der Waals surface area contributed by atoms with Crippen LogP contribution < -0.4 is 4.90 Å². The highest BCUT2D eigenvalue weighted by atomic mass is 16.5. The van der Waals surface area contributed by atoms with Crippen molar-refractivity contribution in [2.75, 3.05) is 25.7 Å². The van der Waals surface area contributed by atoms with Crippen LogP contribution in [0, 0.1) is 0 Å². The third-order valence-corrected chi connectivity index (χ3v) is 3.44. The van der Waals surface area contributed by atoms with Gasteiger partial charge >= 0.3 is 11.9 Å². The molecule has 0 aliphatic carbocycles. The minimum absolute atomic E-state index is 0.269. The molecule has 6 heteroatoms. The van der Waals surface area contributed by atoms with Crippen molar-refractivity contribution in [2.45, 2.75) is 25.3 Å². The monoisotopic (exact) mass is 278 g/mol. The number of carbonyl (C=O) groups excluding carboxylic acids is 2. The zero-order valence-corrected chi connectivity index (χ0v) is 11.7. The van der Waals surface area contributed by atoms with Crippen LogP contribution in [0.2, 0.25) is 0 Å². The zero-order chi connectivity index (χ0) is 14.5. The Morgan fingerprint density at radius 2 is 2.10 bits per heavy atom. The number of carbonyl (C=O) groups is 2. The van der Waals surface area contributed by atoms with Gasteiger partial charge in [-0.25, -0.2) is 14.6 Å². The maximum absolute atomic E-state index is 11.8. The summed E-state index contributed by atoms with van der Waals surface area (Å²) in [4.78, 5) is 29.5. The minimum Gasteiger partial charge on any atom is -0.467 e. The second-order valence-corrected chi connectivity index (χ2v) is 4.62. The summed E-state index contributed by atoms with van der Waals surface area (Å²) >= 11 is 0. The zero-order valence-electron chi connectivity index (χ0n) is 11.7. The highest BCUT2D eigenvalue weighted by molar-refractivity contribution is 5.90. The molecule has 0 amide bonds. The lowest BCUT2D eigenvalue weighted by molar-refractivity contribution is -0.142. The predicted octanol–water partition coefficient (Wildman–Crippen LogP) is 1.40. The first kappa shape index (κ1) is 14.3. The molecule has 1 aromatic rings. The van der Waals surface area contributed by atoms with Crippen molar-refractivity contribution < 1.29 is 19.1 Å². The average molecular weight is 278 g/mol. The predicted molar refractivity (Wildman–Crippen MR) is 72.6 cm³/mol. The van der Waals surface area contributed by atoms with Gasteiger partial charge < -0.3 is 14.4 Å². The molecule has 1 aromatic heterocycles. The van der Waals surface area contributed by atoms with Crippen LogP contribution in [0.3, 0.4) is 0 Å². The summed E-state index contributed by atoms with van der Waals surface area (Å²) in [6.45, 7) is 0.720. The van der Waals surface area contributed by atoms with Crippen molar-refractivity contribution in [3.05, 3.63) is 23.9 Å². The summed E-state index contributed by atoms with van der Waals surface area (Å²) in [5.41, 5.74) is 0.423. The van der Waals surface area contributed by atoms with Gasteiger partial charge in [0.1, 0.15) is 11.9 Å². The number of hydrogen-bond acceptors (Lipinski definition) is 6. The van der Waals surface area contributed by atoms with Crippen LogP contribution in [0.5, 0.6) is 0 Å². The molecule has 108 valence electrons. The standard InChI is InChI=1S/C14H18N2O4/c1-19-13(17)10-6-7-15-12(9-10)16-8-4-3-5-11(16)14(18)20-2/h6-7,9,11H,3-5,8H2,1-2H3. The number of anilines is 1. The number of nitrogens with zero attached hydrogens (tertiary/aromatic N) is 2. The van der Waals surface area contributed by atoms with Gasteiger partial charge in [0, 0.05) is 12.7 Å². The molecular weight excluding hydrogens is 260 g/mol. The normalized spacial score (nSPS) is 18.5. The summed E-state index contributed by atoms with van der Waals surface area (Å²) in [6, 6.07) is 2.90. The topological polar surface area (TPSA) is 68.7 Å². The van der Waals surface area contributed by atoms with Crippen LogP contribution in [0.4, 0.5) is 5.82 Å². The van der Waals surface area contributed by atoms with Crippen LogP contribution in [-0.2, 0) is 14.3 Å². The second kappa shape index (κ2) is 6.36. The van der Waals surface area contributed by atoms with E-state index in [4.69, 9.17) is 9.47 Å². The first-order valence-corrected chi connectivity index (χ1v) is 6.56. The Morgan fingerprint density at radius 1 is 1.30 bits per heavy atom. The molecule has 1 unspecified atom stereocenters. The number of esters is 2. The van der Waals surface area contributed by atoms with Crippen molar-refractivity contribution in [2.24, 2.45) is 0 Å². The van der Waals surface area contributed by atoms with E-state index in [0.717, 1.165) is 25.8 Å². The average Bonchev–Trinajstić information content (AvgIpc) is 2.53. The highest BCUT2D eigenvalue weighted by Gasteiger charge is 2.30. The van der Waals surface area contributed by atoms with Gasteiger partial charge in [-0.1, -0.05) is 0 Å². The van der Waals surface area contributed by atoms with Gasteiger partial charge in [0.05, 0.1) is 19.8 Å². The lowest BCUT2D eigenvalue weighted by Gasteiger charge is -2.34. The molecule has 0 saturated carbocycles. The fourth-order valence-electron chi connectivity index (χ4n) is 2.41. The van der Waals surface area contributed by atoms with Crippen molar-refractivity contribution in [3.63, 3.8) is 0 Å². The molecule has 0 aromatic carbocycles. The molecule has 6 nitrogen and oxygen atoms in total. The Morgan fingerprint density at radius 3 is 2.80 bits per heavy atom. The highest BCUT2D eigenvalue weighted by Crippen LogP contribution is 2.24. The van der Waals surface area contributed by atoms with Crippen molar-refractivity contribution in [1.29, 1.82) is 0 Å². The van der Waals surface area contributed by atoms with Gasteiger partial charge in [-0.3, -0.25) is 0 Å². The summed E-state index contributed by atoms with van der Waals surface area (Å²) < 4.78 is 9.54. The summed E-state index contributed by atoms with van der Waals surface area (Å²) in [6.07, 6.45) is 4.24. The third-order valence-electron chi connectivity index (χ3n) is 3.44. The Hall–Kier alpha value is -2.11. The molecule has 1 aliphatic heterocycles. The number of hydrogen-bond donors (Lipinski definition) is 0. The fourth-order valence-corrected chi connectivity index (χ4v) is 2.41. The molecule has 1 fully saturated rings. The Labute approximate surface area is 117 Å². The van der Waals surface area contributed by atoms with Gasteiger partial charge in [0.25, 0.3) is 0 Å². The van der Waals surface area contributed by atoms with E-state index in [1.165, 1.54) is 14.2 Å². The lowest BCUT2D eigenvalue weighted by atomic mass is 10.0. The quantitative estimate of drug-likeness (QED) is 0.778. The van der Waals surface area contributed by atoms with Crippen LogP contribution >= 0.6 is 0 Å². The molecule has 1 aliphatic rings. The van der Waals surface area contributed by atoms with Crippen LogP contribution in [0.25, 0.3) is 0 Å². The molecule has 20 heavy (non-hydrogen) atoms. The number of piperidine rings is 1. The van der Waals surface area contributed by atoms with E-state index in [9.17, 15) is 9.59 Å². The molecule has 0 spiro atoms. The van der Waals surface area contributed by atoms with Crippen molar-refractivity contribution in [1.82, 2.24) is 4.98 Å². The molecule has 1 saturated heterocycles. The van der Waals surface area contributed by atoms with E-state index in [-0.39, 0.29) is 12.0 Å². The Kier molecular flexibility index (Phi) is 4.55. The van der Waals surface area contributed by atoms with Crippen LogP contribution in [-0.4, -0.2) is 43.7 Å². The van der Waals surface area contributed by atoms with E-state index in [0.29, 0.717) is 11.4 Å². The van der Waals surface area contributed by atoms with Crippen LogP contribution in [0.1, 0.15) is 29.6 Å². The fraction of sp³-hybridized carbons (Fsp3) is 0.500. The van der Waals surface area contributed by atoms with Gasteiger partial charge in [-0.2, -0.15) is 0 Å². The van der Waals surface area contributed by atoms with Gasteiger partial charge in [0.2, 0.25) is 0 Å². The first-order chi connectivity index (χ1) is 9.67. The Balaban J connectivity index is 2.28. The molecule has 1 atom stereocenters. The van der Waals surface area contributed by atoms with Crippen molar-refractivity contribution in [3.8, 4) is 0 Å². The van der Waals surface area contributed by atoms with E-state index in [1.54, 1.807) is 18.3 Å². The van der Waals surface area contributed by atoms with E-state index in [2.05, 4.69) is 4.98 Å². The molecule has 2 heterocycles. The summed E-state index contributed by atoms with van der Waals surface area (Å²) in [5.74, 6) is -0.0850. The molecule has 0 bridgehead atoms. The number of rotatable bonds is 3. The number of pyridine rings is 1.